The maximum Gasteiger partial charge on any atom is 0.164 e. The SMILES string of the molecule is Bc1cc(C#N)cc(-c2nc(-c3ccccc3)nc(-c3ccccc3)n2)c1. The number of hydrogen-bond acceptors (Lipinski definition) is 4. The fourth-order valence-corrected chi connectivity index (χ4v) is 2.91. The van der Waals surface area contributed by atoms with Crippen LogP contribution in [0.3, 0.4) is 0 Å². The van der Waals surface area contributed by atoms with Gasteiger partial charge in [0, 0.05) is 16.7 Å². The van der Waals surface area contributed by atoms with Crippen LogP contribution in [0.1, 0.15) is 5.56 Å². The Kier molecular flexibility index (Phi) is 4.46. The Balaban J connectivity index is 1.94. The lowest BCUT2D eigenvalue weighted by Crippen LogP contribution is -2.06. The maximum absolute atomic E-state index is 9.30. The molecule has 0 aliphatic heterocycles. The smallest absolute Gasteiger partial charge is 0.164 e. The van der Waals surface area contributed by atoms with Gasteiger partial charge < -0.3 is 0 Å². The summed E-state index contributed by atoms with van der Waals surface area (Å²) in [5.41, 5.74) is 4.24. The summed E-state index contributed by atoms with van der Waals surface area (Å²) in [6.45, 7) is 0. The van der Waals surface area contributed by atoms with E-state index in [4.69, 9.17) is 0 Å². The van der Waals surface area contributed by atoms with Crippen molar-refractivity contribution < 1.29 is 0 Å². The summed E-state index contributed by atoms with van der Waals surface area (Å²) in [5.74, 6) is 1.78. The molecule has 0 aliphatic rings. The third-order valence-corrected chi connectivity index (χ3v) is 4.16. The first-order chi connectivity index (χ1) is 13.2. The normalized spacial score (nSPS) is 10.3. The predicted molar refractivity (Wildman–Crippen MR) is 109 cm³/mol. The summed E-state index contributed by atoms with van der Waals surface area (Å²) >= 11 is 0. The minimum atomic E-state index is 0.558. The Hall–Kier alpha value is -3.78. The monoisotopic (exact) mass is 346 g/mol. The lowest BCUT2D eigenvalue weighted by atomic mass is 9.92. The number of benzene rings is 3. The second kappa shape index (κ2) is 7.23. The van der Waals surface area contributed by atoms with Crippen LogP contribution in [0.4, 0.5) is 0 Å². The van der Waals surface area contributed by atoms with Gasteiger partial charge in [0.25, 0.3) is 0 Å². The van der Waals surface area contributed by atoms with Crippen LogP contribution in [0.2, 0.25) is 0 Å². The summed E-state index contributed by atoms with van der Waals surface area (Å²) in [6.07, 6.45) is 0. The lowest BCUT2D eigenvalue weighted by Gasteiger charge is -2.09. The highest BCUT2D eigenvalue weighted by Crippen LogP contribution is 2.24. The Morgan fingerprint density at radius 3 is 1.59 bits per heavy atom. The predicted octanol–water partition coefficient (Wildman–Crippen LogP) is 3.00. The molecule has 0 atom stereocenters. The Morgan fingerprint density at radius 1 is 0.630 bits per heavy atom. The average Bonchev–Trinajstić information content (AvgIpc) is 2.74. The van der Waals surface area contributed by atoms with E-state index in [1.807, 2.05) is 86.7 Å². The van der Waals surface area contributed by atoms with Crippen LogP contribution >= 0.6 is 0 Å². The first kappa shape index (κ1) is 16.7. The summed E-state index contributed by atoms with van der Waals surface area (Å²) in [5, 5.41) is 9.30. The highest BCUT2D eigenvalue weighted by atomic mass is 15.0. The number of rotatable bonds is 3. The Morgan fingerprint density at radius 2 is 1.11 bits per heavy atom. The zero-order valence-corrected chi connectivity index (χ0v) is 14.8. The van der Waals surface area contributed by atoms with Crippen LogP contribution in [0.5, 0.6) is 0 Å². The van der Waals surface area contributed by atoms with Crippen LogP contribution in [0.25, 0.3) is 34.2 Å². The van der Waals surface area contributed by atoms with E-state index in [1.165, 1.54) is 0 Å². The molecule has 0 amide bonds. The molecule has 3 aromatic carbocycles. The Labute approximate surface area is 158 Å². The number of nitriles is 1. The van der Waals surface area contributed by atoms with E-state index in [-0.39, 0.29) is 0 Å². The molecule has 0 N–H and O–H groups in total. The molecule has 0 fully saturated rings. The van der Waals surface area contributed by atoms with Crippen LogP contribution in [0, 0.1) is 11.3 Å². The molecule has 0 saturated heterocycles. The van der Waals surface area contributed by atoms with Crippen LogP contribution in [-0.4, -0.2) is 22.8 Å². The van der Waals surface area contributed by atoms with Gasteiger partial charge in [0.05, 0.1) is 11.6 Å². The van der Waals surface area contributed by atoms with Gasteiger partial charge >= 0.3 is 0 Å². The van der Waals surface area contributed by atoms with Crippen molar-refractivity contribution in [3.8, 4) is 40.2 Å². The highest BCUT2D eigenvalue weighted by molar-refractivity contribution is 6.32. The standard InChI is InChI=1S/C22H15BN4/c23-19-12-15(14-24)11-18(13-19)22-26-20(16-7-3-1-4-8-16)25-21(27-22)17-9-5-2-6-10-17/h1-13H,23H2. The highest BCUT2D eigenvalue weighted by Gasteiger charge is 2.12. The van der Waals surface area contributed by atoms with Gasteiger partial charge in [-0.1, -0.05) is 78.3 Å². The van der Waals surface area contributed by atoms with Crippen molar-refractivity contribution in [1.82, 2.24) is 15.0 Å². The molecule has 4 nitrogen and oxygen atoms in total. The van der Waals surface area contributed by atoms with Crippen molar-refractivity contribution in [3.05, 3.63) is 84.4 Å². The zero-order chi connectivity index (χ0) is 18.6. The first-order valence-corrected chi connectivity index (χ1v) is 8.62. The van der Waals surface area contributed by atoms with Gasteiger partial charge in [-0.2, -0.15) is 5.26 Å². The molecule has 1 aromatic heterocycles. The molecular weight excluding hydrogens is 331 g/mol. The molecular formula is C22H15BN4. The van der Waals surface area contributed by atoms with Crippen LogP contribution in [0.15, 0.2) is 78.9 Å². The molecule has 5 heteroatoms. The molecule has 126 valence electrons. The fraction of sp³-hybridized carbons (Fsp3) is 0. The van der Waals surface area contributed by atoms with Crippen molar-refractivity contribution in [1.29, 1.82) is 5.26 Å². The fourth-order valence-electron chi connectivity index (χ4n) is 2.91. The Bertz CT molecular complexity index is 1080. The molecule has 0 aliphatic carbocycles. The third-order valence-electron chi connectivity index (χ3n) is 4.16. The molecule has 0 unspecified atom stereocenters. The second-order valence-corrected chi connectivity index (χ2v) is 6.24. The first-order valence-electron chi connectivity index (χ1n) is 8.62. The molecule has 0 spiro atoms. The molecule has 0 saturated carbocycles. The minimum Gasteiger partial charge on any atom is -0.208 e. The van der Waals surface area contributed by atoms with Crippen molar-refractivity contribution in [2.75, 3.05) is 0 Å². The van der Waals surface area contributed by atoms with Gasteiger partial charge in [0.1, 0.15) is 7.85 Å². The minimum absolute atomic E-state index is 0.558. The molecule has 4 rings (SSSR count). The summed E-state index contributed by atoms with van der Waals surface area (Å²) in [7, 11) is 1.96. The van der Waals surface area contributed by atoms with Gasteiger partial charge in [-0.15, -0.1) is 0 Å². The molecule has 0 radical (unpaired) electrons. The van der Waals surface area contributed by atoms with E-state index >= 15 is 0 Å². The van der Waals surface area contributed by atoms with Crippen molar-refractivity contribution >= 4 is 13.3 Å². The summed E-state index contributed by atoms with van der Waals surface area (Å²) in [6, 6.07) is 27.5. The van der Waals surface area contributed by atoms with E-state index in [2.05, 4.69) is 21.0 Å². The second-order valence-electron chi connectivity index (χ2n) is 6.24. The number of hydrogen-bond donors (Lipinski definition) is 0. The van der Waals surface area contributed by atoms with E-state index < -0.39 is 0 Å². The summed E-state index contributed by atoms with van der Waals surface area (Å²) in [4.78, 5) is 14.0. The van der Waals surface area contributed by atoms with Gasteiger partial charge in [-0.3, -0.25) is 0 Å². The molecule has 1 heterocycles. The average molecular weight is 346 g/mol. The lowest BCUT2D eigenvalue weighted by molar-refractivity contribution is 1.07. The number of nitrogens with zero attached hydrogens (tertiary/aromatic N) is 4. The van der Waals surface area contributed by atoms with Gasteiger partial charge in [-0.05, 0) is 6.07 Å². The molecule has 0 bridgehead atoms. The van der Waals surface area contributed by atoms with E-state index in [9.17, 15) is 5.26 Å². The zero-order valence-electron chi connectivity index (χ0n) is 14.8. The van der Waals surface area contributed by atoms with Gasteiger partial charge in [0.2, 0.25) is 0 Å². The van der Waals surface area contributed by atoms with Crippen LogP contribution < -0.4 is 5.46 Å². The molecule has 27 heavy (non-hydrogen) atoms. The van der Waals surface area contributed by atoms with Crippen molar-refractivity contribution in [2.24, 2.45) is 0 Å². The topological polar surface area (TPSA) is 62.5 Å². The van der Waals surface area contributed by atoms with Crippen molar-refractivity contribution in [3.63, 3.8) is 0 Å². The van der Waals surface area contributed by atoms with Gasteiger partial charge in [-0.25, -0.2) is 15.0 Å². The van der Waals surface area contributed by atoms with E-state index in [0.717, 1.165) is 22.2 Å². The van der Waals surface area contributed by atoms with E-state index in [0.29, 0.717) is 23.0 Å². The van der Waals surface area contributed by atoms with Gasteiger partial charge in [0.15, 0.2) is 17.5 Å². The summed E-state index contributed by atoms with van der Waals surface area (Å²) < 4.78 is 0. The van der Waals surface area contributed by atoms with Crippen LogP contribution in [-0.2, 0) is 0 Å². The maximum atomic E-state index is 9.30. The number of aromatic nitrogens is 3. The molecule has 4 aromatic rings. The van der Waals surface area contributed by atoms with E-state index in [1.54, 1.807) is 0 Å². The quantitative estimate of drug-likeness (QED) is 0.535. The largest absolute Gasteiger partial charge is 0.208 e. The third kappa shape index (κ3) is 3.60. The van der Waals surface area contributed by atoms with Crippen molar-refractivity contribution in [2.45, 2.75) is 0 Å².